The quantitative estimate of drug-likeness (QED) is 0.738. The molecular weight excluding hydrogens is 302 g/mol. The first-order chi connectivity index (χ1) is 11.1. The molecule has 0 aliphatic carbocycles. The Kier molecular flexibility index (Phi) is 3.68. The molecule has 3 aromatic rings. The number of hydrogen-bond acceptors (Lipinski definition) is 6. The maximum atomic E-state index is 11.5. The predicted molar refractivity (Wildman–Crippen MR) is 79.9 cm³/mol. The van der Waals surface area contributed by atoms with Crippen LogP contribution in [-0.4, -0.2) is 29.1 Å². The van der Waals surface area contributed by atoms with E-state index in [1.807, 2.05) is 0 Å². The van der Waals surface area contributed by atoms with Gasteiger partial charge < -0.3 is 18.7 Å². The van der Waals surface area contributed by atoms with Crippen molar-refractivity contribution in [3.8, 4) is 0 Å². The van der Waals surface area contributed by atoms with Crippen molar-refractivity contribution in [3.05, 3.63) is 53.3 Å². The number of carbonyl (C=O) groups excluding carboxylic acids is 1. The number of aromatic carboxylic acids is 1. The zero-order chi connectivity index (χ0) is 16.4. The number of furan rings is 1. The Morgan fingerprint density at radius 3 is 2.83 bits per heavy atom. The number of methoxy groups -OCH3 is 1. The van der Waals surface area contributed by atoms with Crippen LogP contribution in [0.15, 0.2) is 39.4 Å². The van der Waals surface area contributed by atoms with E-state index in [1.165, 1.54) is 25.5 Å². The largest absolute Gasteiger partial charge is 0.478 e. The van der Waals surface area contributed by atoms with Crippen LogP contribution in [0.5, 0.6) is 0 Å². The van der Waals surface area contributed by atoms with Gasteiger partial charge in [0, 0.05) is 11.6 Å². The zero-order valence-electron chi connectivity index (χ0n) is 12.0. The number of benzene rings is 1. The second-order valence-electron chi connectivity index (χ2n) is 4.54. The minimum Gasteiger partial charge on any atom is -0.478 e. The van der Waals surface area contributed by atoms with Crippen LogP contribution in [0.25, 0.3) is 23.3 Å². The molecule has 0 aliphatic heterocycles. The summed E-state index contributed by atoms with van der Waals surface area (Å²) in [5.41, 5.74) is 1.19. The lowest BCUT2D eigenvalue weighted by atomic mass is 10.2. The summed E-state index contributed by atoms with van der Waals surface area (Å²) in [4.78, 5) is 26.8. The summed E-state index contributed by atoms with van der Waals surface area (Å²) in [6.07, 6.45) is 4.45. The van der Waals surface area contributed by atoms with Crippen molar-refractivity contribution in [2.45, 2.75) is 0 Å². The molecule has 116 valence electrons. The van der Waals surface area contributed by atoms with Crippen molar-refractivity contribution in [2.24, 2.45) is 0 Å². The Bertz CT molecular complexity index is 918. The Labute approximate surface area is 129 Å². The van der Waals surface area contributed by atoms with Gasteiger partial charge in [0.05, 0.1) is 18.9 Å². The number of fused-ring (bicyclic) bond motifs is 1. The van der Waals surface area contributed by atoms with Gasteiger partial charge in [-0.05, 0) is 24.3 Å². The highest BCUT2D eigenvalue weighted by Gasteiger charge is 2.15. The van der Waals surface area contributed by atoms with Crippen molar-refractivity contribution in [1.82, 2.24) is 4.98 Å². The number of ether oxygens (including phenoxy) is 1. The second-order valence-corrected chi connectivity index (χ2v) is 4.54. The fourth-order valence-corrected chi connectivity index (χ4v) is 2.08. The van der Waals surface area contributed by atoms with Crippen LogP contribution in [0.4, 0.5) is 0 Å². The highest BCUT2D eigenvalue weighted by Crippen LogP contribution is 2.22. The predicted octanol–water partition coefficient (Wildman–Crippen LogP) is 3.08. The Hall–Kier alpha value is -3.35. The molecule has 0 spiro atoms. The van der Waals surface area contributed by atoms with Crippen molar-refractivity contribution < 1.29 is 28.3 Å². The molecular formula is C16H11NO6. The number of carbonyl (C=O) groups is 2. The number of carboxylic acid groups (broad SMARTS) is 1. The number of esters is 1. The maximum absolute atomic E-state index is 11.5. The monoisotopic (exact) mass is 313 g/mol. The third-order valence-corrected chi connectivity index (χ3v) is 3.14. The number of rotatable bonds is 4. The molecule has 1 aromatic carbocycles. The number of carboxylic acids is 1. The molecule has 0 saturated carbocycles. The van der Waals surface area contributed by atoms with Gasteiger partial charge >= 0.3 is 11.9 Å². The normalized spacial score (nSPS) is 11.2. The molecule has 2 heterocycles. The van der Waals surface area contributed by atoms with E-state index in [2.05, 4.69) is 9.72 Å². The first-order valence-corrected chi connectivity index (χ1v) is 6.57. The fraction of sp³-hybridized carbons (Fsp3) is 0.0625. The van der Waals surface area contributed by atoms with E-state index in [0.29, 0.717) is 11.1 Å². The summed E-state index contributed by atoms with van der Waals surface area (Å²) >= 11 is 0. The van der Waals surface area contributed by atoms with Gasteiger partial charge in [0.25, 0.3) is 0 Å². The summed E-state index contributed by atoms with van der Waals surface area (Å²) in [5.74, 6) is -1.40. The maximum Gasteiger partial charge on any atom is 0.374 e. The van der Waals surface area contributed by atoms with E-state index in [4.69, 9.17) is 13.9 Å². The summed E-state index contributed by atoms with van der Waals surface area (Å²) in [6.45, 7) is 0. The van der Waals surface area contributed by atoms with E-state index in [1.54, 1.807) is 24.3 Å². The Morgan fingerprint density at radius 1 is 1.26 bits per heavy atom. The molecule has 0 fully saturated rings. The van der Waals surface area contributed by atoms with Crippen LogP contribution in [0.2, 0.25) is 0 Å². The van der Waals surface area contributed by atoms with Gasteiger partial charge in [-0.15, -0.1) is 0 Å². The first kappa shape index (κ1) is 14.6. The molecule has 7 heteroatoms. The summed E-state index contributed by atoms with van der Waals surface area (Å²) in [5, 5.41) is 9.13. The van der Waals surface area contributed by atoms with Crippen molar-refractivity contribution in [1.29, 1.82) is 0 Å². The summed E-state index contributed by atoms with van der Waals surface area (Å²) in [6, 6.07) is 6.25. The Balaban J connectivity index is 1.96. The number of para-hydroxylation sites is 1. The minimum atomic E-state index is -1.08. The third-order valence-electron chi connectivity index (χ3n) is 3.14. The van der Waals surface area contributed by atoms with Gasteiger partial charge in [0.15, 0.2) is 5.58 Å². The standard InChI is InChI=1S/C16H11NO6/c1-21-16(20)14-9(7-8-22-14)5-6-12-17-13-10(15(18)19)3-2-4-11(13)23-12/h2-8H,1H3,(H,18,19). The lowest BCUT2D eigenvalue weighted by Gasteiger charge is -1.94. The molecule has 2 aromatic heterocycles. The van der Waals surface area contributed by atoms with Gasteiger partial charge in [0.1, 0.15) is 5.52 Å². The number of oxazole rings is 1. The minimum absolute atomic E-state index is 0.0597. The van der Waals surface area contributed by atoms with Gasteiger partial charge in [-0.1, -0.05) is 6.07 Å². The van der Waals surface area contributed by atoms with Crippen LogP contribution < -0.4 is 0 Å². The van der Waals surface area contributed by atoms with Crippen LogP contribution in [-0.2, 0) is 4.74 Å². The lowest BCUT2D eigenvalue weighted by molar-refractivity contribution is 0.0564. The lowest BCUT2D eigenvalue weighted by Crippen LogP contribution is -2.00. The molecule has 7 nitrogen and oxygen atoms in total. The first-order valence-electron chi connectivity index (χ1n) is 6.57. The summed E-state index contributed by atoms with van der Waals surface area (Å²) < 4.78 is 15.1. The third kappa shape index (κ3) is 2.71. The highest BCUT2D eigenvalue weighted by molar-refractivity contribution is 6.00. The molecule has 23 heavy (non-hydrogen) atoms. The van der Waals surface area contributed by atoms with Gasteiger partial charge in [-0.2, -0.15) is 0 Å². The molecule has 0 unspecified atom stereocenters. The van der Waals surface area contributed by atoms with Crippen LogP contribution in [0, 0.1) is 0 Å². The average Bonchev–Trinajstić information content (AvgIpc) is 3.17. The molecule has 1 N–H and O–H groups in total. The van der Waals surface area contributed by atoms with E-state index in [-0.39, 0.29) is 22.7 Å². The molecule has 0 bridgehead atoms. The molecule has 0 saturated heterocycles. The number of aromatic nitrogens is 1. The van der Waals surface area contributed by atoms with Crippen molar-refractivity contribution >= 4 is 35.2 Å². The van der Waals surface area contributed by atoms with E-state index in [0.717, 1.165) is 0 Å². The molecule has 0 amide bonds. The van der Waals surface area contributed by atoms with Crippen molar-refractivity contribution in [2.75, 3.05) is 7.11 Å². The smallest absolute Gasteiger partial charge is 0.374 e. The zero-order valence-corrected chi connectivity index (χ0v) is 12.0. The number of hydrogen-bond donors (Lipinski definition) is 1. The molecule has 0 atom stereocenters. The average molecular weight is 313 g/mol. The van der Waals surface area contributed by atoms with Crippen molar-refractivity contribution in [3.63, 3.8) is 0 Å². The number of nitrogens with zero attached hydrogens (tertiary/aromatic N) is 1. The summed E-state index contributed by atoms with van der Waals surface area (Å²) in [7, 11) is 1.26. The van der Waals surface area contributed by atoms with Crippen LogP contribution >= 0.6 is 0 Å². The van der Waals surface area contributed by atoms with Gasteiger partial charge in [-0.25, -0.2) is 14.6 Å². The van der Waals surface area contributed by atoms with Gasteiger partial charge in [-0.3, -0.25) is 0 Å². The highest BCUT2D eigenvalue weighted by atomic mass is 16.5. The van der Waals surface area contributed by atoms with Gasteiger partial charge in [0.2, 0.25) is 11.7 Å². The fourth-order valence-electron chi connectivity index (χ4n) is 2.08. The van der Waals surface area contributed by atoms with E-state index < -0.39 is 11.9 Å². The molecule has 0 aliphatic rings. The van der Waals surface area contributed by atoms with Crippen LogP contribution in [0.1, 0.15) is 32.4 Å². The SMILES string of the molecule is COC(=O)c1occc1C=Cc1nc2c(C(=O)O)cccc2o1. The van der Waals surface area contributed by atoms with E-state index >= 15 is 0 Å². The van der Waals surface area contributed by atoms with Crippen LogP contribution in [0.3, 0.4) is 0 Å². The topological polar surface area (TPSA) is 103 Å². The molecule has 3 rings (SSSR count). The Morgan fingerprint density at radius 2 is 2.09 bits per heavy atom. The second kappa shape index (κ2) is 5.80. The molecule has 0 radical (unpaired) electrons. The van der Waals surface area contributed by atoms with E-state index in [9.17, 15) is 9.59 Å².